The van der Waals surface area contributed by atoms with Crippen LogP contribution in [-0.2, 0) is 4.79 Å². The molecule has 0 aromatic rings. The fraction of sp³-hybridized carbons (Fsp3) is 0.833. The average Bonchev–Trinajstić information content (AvgIpc) is 2.73. The molecule has 2 amide bonds. The molecule has 98 valence electrons. The van der Waals surface area contributed by atoms with Gasteiger partial charge in [-0.2, -0.15) is 0 Å². The molecule has 5 nitrogen and oxygen atoms in total. The van der Waals surface area contributed by atoms with Crippen LogP contribution < -0.4 is 0 Å². The predicted octanol–water partition coefficient (Wildman–Crippen LogP) is 1.78. The molecule has 0 aliphatic carbocycles. The minimum absolute atomic E-state index is 0.109. The number of urea groups is 1. The predicted molar refractivity (Wildman–Crippen MR) is 64.9 cm³/mol. The van der Waals surface area contributed by atoms with E-state index in [0.29, 0.717) is 19.5 Å². The lowest BCUT2D eigenvalue weighted by Crippen LogP contribution is -2.50. The van der Waals surface area contributed by atoms with Gasteiger partial charge in [-0.25, -0.2) is 9.59 Å². The number of rotatable bonds is 4. The molecule has 0 aromatic carbocycles. The maximum absolute atomic E-state index is 12.3. The second-order valence-electron chi connectivity index (χ2n) is 4.76. The van der Waals surface area contributed by atoms with Crippen molar-refractivity contribution in [1.82, 2.24) is 9.80 Å². The SMILES string of the molecule is CCCN(C(=O)N1CCCC1C(=O)O)C(C)C. The molecule has 17 heavy (non-hydrogen) atoms. The Morgan fingerprint density at radius 3 is 2.59 bits per heavy atom. The van der Waals surface area contributed by atoms with E-state index in [1.807, 2.05) is 20.8 Å². The van der Waals surface area contributed by atoms with Crippen molar-refractivity contribution in [2.24, 2.45) is 0 Å². The Bertz CT molecular complexity index is 291. The van der Waals surface area contributed by atoms with Gasteiger partial charge in [0.2, 0.25) is 0 Å². The first-order chi connectivity index (χ1) is 7.99. The zero-order chi connectivity index (χ0) is 13.0. The molecule has 1 heterocycles. The largest absolute Gasteiger partial charge is 0.480 e. The molecule has 1 fully saturated rings. The molecule has 0 bridgehead atoms. The highest BCUT2D eigenvalue weighted by atomic mass is 16.4. The zero-order valence-electron chi connectivity index (χ0n) is 10.8. The lowest BCUT2D eigenvalue weighted by atomic mass is 10.2. The Morgan fingerprint density at radius 2 is 2.12 bits per heavy atom. The minimum Gasteiger partial charge on any atom is -0.480 e. The van der Waals surface area contributed by atoms with Gasteiger partial charge in [-0.15, -0.1) is 0 Å². The summed E-state index contributed by atoms with van der Waals surface area (Å²) in [7, 11) is 0. The third-order valence-electron chi connectivity index (χ3n) is 3.12. The highest BCUT2D eigenvalue weighted by Crippen LogP contribution is 2.20. The maximum Gasteiger partial charge on any atom is 0.326 e. The number of amides is 2. The summed E-state index contributed by atoms with van der Waals surface area (Å²) in [6, 6.07) is -0.662. The van der Waals surface area contributed by atoms with Crippen molar-refractivity contribution >= 4 is 12.0 Å². The van der Waals surface area contributed by atoms with Crippen LogP contribution in [0.3, 0.4) is 0 Å². The molecule has 0 radical (unpaired) electrons. The number of hydrogen-bond acceptors (Lipinski definition) is 2. The number of carbonyl (C=O) groups is 2. The summed E-state index contributed by atoms with van der Waals surface area (Å²) < 4.78 is 0. The van der Waals surface area contributed by atoms with E-state index in [2.05, 4.69) is 0 Å². The maximum atomic E-state index is 12.3. The van der Waals surface area contributed by atoms with Gasteiger partial charge in [-0.05, 0) is 33.1 Å². The normalized spacial score (nSPS) is 19.8. The van der Waals surface area contributed by atoms with Crippen LogP contribution in [0, 0.1) is 0 Å². The van der Waals surface area contributed by atoms with Gasteiger partial charge in [0.15, 0.2) is 0 Å². The third kappa shape index (κ3) is 3.11. The van der Waals surface area contributed by atoms with Gasteiger partial charge in [0.1, 0.15) is 6.04 Å². The van der Waals surface area contributed by atoms with Gasteiger partial charge in [0, 0.05) is 19.1 Å². The first-order valence-electron chi connectivity index (χ1n) is 6.29. The Balaban J connectivity index is 2.75. The summed E-state index contributed by atoms with van der Waals surface area (Å²) in [6.45, 7) is 7.17. The number of likely N-dealkylation sites (tertiary alicyclic amines) is 1. The smallest absolute Gasteiger partial charge is 0.326 e. The summed E-state index contributed by atoms with van der Waals surface area (Å²) in [4.78, 5) is 26.6. The average molecular weight is 242 g/mol. The fourth-order valence-electron chi connectivity index (χ4n) is 2.23. The van der Waals surface area contributed by atoms with Crippen molar-refractivity contribution in [3.05, 3.63) is 0 Å². The number of carboxylic acids is 1. The van der Waals surface area contributed by atoms with E-state index < -0.39 is 12.0 Å². The Morgan fingerprint density at radius 1 is 1.47 bits per heavy atom. The second kappa shape index (κ2) is 5.89. The summed E-state index contributed by atoms with van der Waals surface area (Å²) in [5.74, 6) is -0.893. The first kappa shape index (κ1) is 13.8. The third-order valence-corrected chi connectivity index (χ3v) is 3.12. The summed E-state index contributed by atoms with van der Waals surface area (Å²) in [6.07, 6.45) is 2.23. The number of nitrogens with zero attached hydrogens (tertiary/aromatic N) is 2. The van der Waals surface area contributed by atoms with Crippen LogP contribution in [0.5, 0.6) is 0 Å². The van der Waals surface area contributed by atoms with Crippen molar-refractivity contribution in [3.8, 4) is 0 Å². The van der Waals surface area contributed by atoms with Gasteiger partial charge in [0.05, 0.1) is 0 Å². The Labute approximate surface area is 102 Å². The van der Waals surface area contributed by atoms with Gasteiger partial charge >= 0.3 is 12.0 Å². The van der Waals surface area contributed by atoms with E-state index in [9.17, 15) is 9.59 Å². The topological polar surface area (TPSA) is 60.9 Å². The van der Waals surface area contributed by atoms with Crippen LogP contribution in [-0.4, -0.2) is 52.1 Å². The number of hydrogen-bond donors (Lipinski definition) is 1. The quantitative estimate of drug-likeness (QED) is 0.817. The van der Waals surface area contributed by atoms with Gasteiger partial charge in [-0.3, -0.25) is 0 Å². The lowest BCUT2D eigenvalue weighted by molar-refractivity contribution is -0.141. The molecule has 1 saturated heterocycles. The molecule has 0 aromatic heterocycles. The summed E-state index contributed by atoms with van der Waals surface area (Å²) in [5.41, 5.74) is 0. The molecule has 1 rings (SSSR count). The van der Waals surface area contributed by atoms with E-state index in [-0.39, 0.29) is 12.1 Å². The van der Waals surface area contributed by atoms with Crippen LogP contribution in [0.1, 0.15) is 40.0 Å². The number of carbonyl (C=O) groups excluding carboxylic acids is 1. The molecular weight excluding hydrogens is 220 g/mol. The fourth-order valence-corrected chi connectivity index (χ4v) is 2.23. The van der Waals surface area contributed by atoms with E-state index in [1.165, 1.54) is 4.90 Å². The molecule has 1 aliphatic heterocycles. The van der Waals surface area contributed by atoms with Gasteiger partial charge in [0.25, 0.3) is 0 Å². The summed E-state index contributed by atoms with van der Waals surface area (Å²) >= 11 is 0. The van der Waals surface area contributed by atoms with E-state index in [1.54, 1.807) is 4.90 Å². The number of carboxylic acid groups (broad SMARTS) is 1. The van der Waals surface area contributed by atoms with E-state index >= 15 is 0 Å². The van der Waals surface area contributed by atoms with Crippen molar-refractivity contribution in [2.45, 2.75) is 52.1 Å². The molecule has 0 spiro atoms. The molecule has 0 saturated carbocycles. The minimum atomic E-state index is -0.893. The van der Waals surface area contributed by atoms with E-state index in [4.69, 9.17) is 5.11 Å². The lowest BCUT2D eigenvalue weighted by Gasteiger charge is -2.32. The van der Waals surface area contributed by atoms with Crippen molar-refractivity contribution < 1.29 is 14.7 Å². The monoisotopic (exact) mass is 242 g/mol. The number of aliphatic carboxylic acids is 1. The van der Waals surface area contributed by atoms with Crippen LogP contribution in [0.25, 0.3) is 0 Å². The van der Waals surface area contributed by atoms with Crippen molar-refractivity contribution in [2.75, 3.05) is 13.1 Å². The molecule has 1 N–H and O–H groups in total. The van der Waals surface area contributed by atoms with Crippen LogP contribution in [0.2, 0.25) is 0 Å². The Hall–Kier alpha value is -1.26. The van der Waals surface area contributed by atoms with E-state index in [0.717, 1.165) is 12.8 Å². The second-order valence-corrected chi connectivity index (χ2v) is 4.76. The highest BCUT2D eigenvalue weighted by molar-refractivity contribution is 5.83. The standard InChI is InChI=1S/C12H22N2O3/c1-4-7-13(9(2)3)12(17)14-8-5-6-10(14)11(15)16/h9-10H,4-8H2,1-3H3,(H,15,16). The van der Waals surface area contributed by atoms with Gasteiger partial charge in [-0.1, -0.05) is 6.92 Å². The molecule has 1 atom stereocenters. The zero-order valence-corrected chi connectivity index (χ0v) is 10.8. The molecule has 1 unspecified atom stereocenters. The van der Waals surface area contributed by atoms with Crippen molar-refractivity contribution in [1.29, 1.82) is 0 Å². The highest BCUT2D eigenvalue weighted by Gasteiger charge is 2.36. The van der Waals surface area contributed by atoms with Crippen LogP contribution in [0.4, 0.5) is 4.79 Å². The summed E-state index contributed by atoms with van der Waals surface area (Å²) in [5, 5.41) is 9.07. The molecular formula is C12H22N2O3. The molecule has 1 aliphatic rings. The van der Waals surface area contributed by atoms with Gasteiger partial charge < -0.3 is 14.9 Å². The van der Waals surface area contributed by atoms with Crippen LogP contribution in [0.15, 0.2) is 0 Å². The molecule has 5 heteroatoms. The first-order valence-corrected chi connectivity index (χ1v) is 6.29. The van der Waals surface area contributed by atoms with Crippen molar-refractivity contribution in [3.63, 3.8) is 0 Å². The van der Waals surface area contributed by atoms with Crippen LogP contribution >= 0.6 is 0 Å². The Kier molecular flexibility index (Phi) is 4.78.